The molecule has 1 aromatic rings. The van der Waals surface area contributed by atoms with Crippen LogP contribution < -0.4 is 5.32 Å². The van der Waals surface area contributed by atoms with Gasteiger partial charge in [-0.2, -0.15) is 0 Å². The van der Waals surface area contributed by atoms with E-state index in [1.54, 1.807) is 12.1 Å². The Morgan fingerprint density at radius 1 is 1.33 bits per heavy atom. The van der Waals surface area contributed by atoms with Crippen LogP contribution in [0, 0.1) is 0 Å². The van der Waals surface area contributed by atoms with E-state index in [9.17, 15) is 4.79 Å². The zero-order valence-electron chi connectivity index (χ0n) is 9.32. The monoisotopic (exact) mass is 291 g/mol. The molecule has 1 fully saturated rings. The van der Waals surface area contributed by atoms with Crippen LogP contribution in [0.4, 0.5) is 10.5 Å². The van der Waals surface area contributed by atoms with Gasteiger partial charge in [0.2, 0.25) is 0 Å². The van der Waals surface area contributed by atoms with Crippen molar-refractivity contribution in [3.8, 4) is 0 Å². The molecule has 98 valence electrons. The summed E-state index contributed by atoms with van der Waals surface area (Å²) in [4.78, 5) is 11.4. The minimum atomic E-state index is -0.604. The van der Waals surface area contributed by atoms with Crippen molar-refractivity contribution < 1.29 is 19.0 Å². The Morgan fingerprint density at radius 3 is 2.72 bits per heavy atom. The maximum Gasteiger partial charge on any atom is 0.411 e. The number of carbonyl (C=O) groups is 1. The van der Waals surface area contributed by atoms with Gasteiger partial charge in [0.15, 0.2) is 6.29 Å². The fraction of sp³-hybridized carbons (Fsp3) is 0.364. The van der Waals surface area contributed by atoms with Crippen molar-refractivity contribution in [1.82, 2.24) is 0 Å². The van der Waals surface area contributed by atoms with Gasteiger partial charge in [0.05, 0.1) is 23.3 Å². The number of hydrogen-bond acceptors (Lipinski definition) is 4. The van der Waals surface area contributed by atoms with Crippen LogP contribution in [-0.2, 0) is 14.2 Å². The summed E-state index contributed by atoms with van der Waals surface area (Å²) in [5.41, 5.74) is 0.502. The number of anilines is 1. The normalized spacial score (nSPS) is 15.7. The molecule has 18 heavy (non-hydrogen) atoms. The average Bonchev–Trinajstić information content (AvgIpc) is 2.84. The minimum absolute atomic E-state index is 0.0488. The van der Waals surface area contributed by atoms with Crippen LogP contribution in [-0.4, -0.2) is 32.2 Å². The van der Waals surface area contributed by atoms with Crippen molar-refractivity contribution in [1.29, 1.82) is 0 Å². The summed E-state index contributed by atoms with van der Waals surface area (Å²) in [6.45, 7) is 1.08. The standard InChI is InChI=1S/C11H11Cl2NO4/c12-8-2-1-7(5-9(8)13)14-11(15)18-6-10-16-3-4-17-10/h1-2,5,10H,3-4,6H2,(H,14,15). The van der Waals surface area contributed by atoms with E-state index in [0.29, 0.717) is 28.9 Å². The molecule has 1 aromatic carbocycles. The summed E-state index contributed by atoms with van der Waals surface area (Å²) in [5.74, 6) is 0. The highest BCUT2D eigenvalue weighted by atomic mass is 35.5. The Kier molecular flexibility index (Phi) is 4.66. The first-order chi connectivity index (χ1) is 8.65. The maximum absolute atomic E-state index is 11.4. The third kappa shape index (κ3) is 3.74. The van der Waals surface area contributed by atoms with Crippen molar-refractivity contribution >= 4 is 35.0 Å². The fourth-order valence-corrected chi connectivity index (χ4v) is 1.67. The van der Waals surface area contributed by atoms with Gasteiger partial charge in [-0.1, -0.05) is 23.2 Å². The number of hydrogen-bond donors (Lipinski definition) is 1. The largest absolute Gasteiger partial charge is 0.444 e. The lowest BCUT2D eigenvalue weighted by molar-refractivity contribution is -0.0759. The molecular formula is C11H11Cl2NO4. The number of amides is 1. The molecule has 0 radical (unpaired) electrons. The van der Waals surface area contributed by atoms with Crippen LogP contribution in [0.15, 0.2) is 18.2 Å². The molecule has 0 aromatic heterocycles. The highest BCUT2D eigenvalue weighted by Gasteiger charge is 2.17. The molecule has 0 atom stereocenters. The summed E-state index contributed by atoms with van der Waals surface area (Å²) in [7, 11) is 0. The van der Waals surface area contributed by atoms with Gasteiger partial charge in [-0.25, -0.2) is 4.79 Å². The second-order valence-electron chi connectivity index (χ2n) is 3.52. The number of carbonyl (C=O) groups excluding carboxylic acids is 1. The molecule has 1 amide bonds. The van der Waals surface area contributed by atoms with E-state index in [-0.39, 0.29) is 6.61 Å². The molecule has 0 unspecified atom stereocenters. The van der Waals surface area contributed by atoms with E-state index >= 15 is 0 Å². The summed E-state index contributed by atoms with van der Waals surface area (Å²) in [6, 6.07) is 4.74. The molecule has 0 spiro atoms. The van der Waals surface area contributed by atoms with Gasteiger partial charge < -0.3 is 14.2 Å². The first-order valence-corrected chi connectivity index (χ1v) is 6.03. The number of halogens is 2. The lowest BCUT2D eigenvalue weighted by Gasteiger charge is -2.11. The highest BCUT2D eigenvalue weighted by molar-refractivity contribution is 6.42. The van der Waals surface area contributed by atoms with Gasteiger partial charge in [-0.05, 0) is 18.2 Å². The number of benzene rings is 1. The Labute approximate surface area is 114 Å². The van der Waals surface area contributed by atoms with Gasteiger partial charge in [0.25, 0.3) is 0 Å². The Hall–Kier alpha value is -1.01. The predicted octanol–water partition coefficient (Wildman–Crippen LogP) is 2.91. The molecule has 0 bridgehead atoms. The first-order valence-electron chi connectivity index (χ1n) is 5.27. The molecule has 1 aliphatic heterocycles. The molecule has 1 aliphatic rings. The summed E-state index contributed by atoms with van der Waals surface area (Å²) >= 11 is 11.6. The van der Waals surface area contributed by atoms with E-state index in [0.717, 1.165) is 0 Å². The molecule has 2 rings (SSSR count). The predicted molar refractivity (Wildman–Crippen MR) is 67.1 cm³/mol. The summed E-state index contributed by atoms with van der Waals surface area (Å²) in [6.07, 6.45) is -1.09. The first kappa shape index (κ1) is 13.4. The smallest absolute Gasteiger partial charge is 0.411 e. The molecule has 5 nitrogen and oxygen atoms in total. The van der Waals surface area contributed by atoms with Crippen LogP contribution in [0.25, 0.3) is 0 Å². The zero-order chi connectivity index (χ0) is 13.0. The van der Waals surface area contributed by atoms with E-state index in [4.69, 9.17) is 37.4 Å². The van der Waals surface area contributed by atoms with Gasteiger partial charge in [0.1, 0.15) is 6.61 Å². The van der Waals surface area contributed by atoms with E-state index in [2.05, 4.69) is 5.32 Å². The van der Waals surface area contributed by atoms with Crippen LogP contribution >= 0.6 is 23.2 Å². The fourth-order valence-electron chi connectivity index (χ4n) is 1.38. The molecule has 1 saturated heterocycles. The topological polar surface area (TPSA) is 56.8 Å². The minimum Gasteiger partial charge on any atom is -0.444 e. The van der Waals surface area contributed by atoms with Crippen molar-refractivity contribution in [2.24, 2.45) is 0 Å². The molecule has 7 heteroatoms. The Balaban J connectivity index is 1.80. The Bertz CT molecular complexity index is 435. The average molecular weight is 292 g/mol. The quantitative estimate of drug-likeness (QED) is 0.930. The summed E-state index contributed by atoms with van der Waals surface area (Å²) < 4.78 is 15.2. The Morgan fingerprint density at radius 2 is 2.06 bits per heavy atom. The van der Waals surface area contributed by atoms with Crippen molar-refractivity contribution in [3.63, 3.8) is 0 Å². The van der Waals surface area contributed by atoms with Crippen LogP contribution in [0.2, 0.25) is 10.0 Å². The van der Waals surface area contributed by atoms with Crippen molar-refractivity contribution in [2.75, 3.05) is 25.1 Å². The van der Waals surface area contributed by atoms with Crippen molar-refractivity contribution in [3.05, 3.63) is 28.2 Å². The summed E-state index contributed by atoms with van der Waals surface area (Å²) in [5, 5.41) is 3.30. The van der Waals surface area contributed by atoms with Crippen LogP contribution in [0.5, 0.6) is 0 Å². The van der Waals surface area contributed by atoms with Gasteiger partial charge in [-0.3, -0.25) is 5.32 Å². The van der Waals surface area contributed by atoms with Gasteiger partial charge in [-0.15, -0.1) is 0 Å². The third-order valence-electron chi connectivity index (χ3n) is 2.21. The second kappa shape index (κ2) is 6.24. The third-order valence-corrected chi connectivity index (χ3v) is 2.95. The lowest BCUT2D eigenvalue weighted by atomic mass is 10.3. The van der Waals surface area contributed by atoms with E-state index in [1.807, 2.05) is 0 Å². The molecule has 1 N–H and O–H groups in total. The number of rotatable bonds is 3. The highest BCUT2D eigenvalue weighted by Crippen LogP contribution is 2.25. The number of ether oxygens (including phenoxy) is 3. The molecule has 0 aliphatic carbocycles. The molecule has 1 heterocycles. The van der Waals surface area contributed by atoms with E-state index < -0.39 is 12.4 Å². The second-order valence-corrected chi connectivity index (χ2v) is 4.34. The van der Waals surface area contributed by atoms with Crippen LogP contribution in [0.3, 0.4) is 0 Å². The lowest BCUT2D eigenvalue weighted by Crippen LogP contribution is -2.22. The van der Waals surface area contributed by atoms with Gasteiger partial charge in [0, 0.05) is 5.69 Å². The number of nitrogens with one attached hydrogen (secondary N) is 1. The zero-order valence-corrected chi connectivity index (χ0v) is 10.8. The van der Waals surface area contributed by atoms with E-state index in [1.165, 1.54) is 6.07 Å². The SMILES string of the molecule is O=C(Nc1ccc(Cl)c(Cl)c1)OCC1OCCO1. The maximum atomic E-state index is 11.4. The molecular weight excluding hydrogens is 281 g/mol. The van der Waals surface area contributed by atoms with Crippen LogP contribution in [0.1, 0.15) is 0 Å². The van der Waals surface area contributed by atoms with Gasteiger partial charge >= 0.3 is 6.09 Å². The van der Waals surface area contributed by atoms with Crippen molar-refractivity contribution in [2.45, 2.75) is 6.29 Å². The molecule has 0 saturated carbocycles.